The molecule has 4 heterocycles. The zero-order chi connectivity index (χ0) is 20.7. The topological polar surface area (TPSA) is 66.7 Å². The lowest BCUT2D eigenvalue weighted by atomic mass is 9.89. The number of carbonyl (C=O) groups excluding carboxylic acids is 2. The van der Waals surface area contributed by atoms with Crippen LogP contribution in [-0.2, 0) is 0 Å². The van der Waals surface area contributed by atoms with Gasteiger partial charge in [-0.3, -0.25) is 14.6 Å². The summed E-state index contributed by atoms with van der Waals surface area (Å²) in [4.78, 5) is 34.3. The van der Waals surface area contributed by atoms with E-state index in [0.717, 1.165) is 11.1 Å². The van der Waals surface area contributed by atoms with Crippen LogP contribution in [0, 0.1) is 18.8 Å². The van der Waals surface area contributed by atoms with E-state index in [4.69, 9.17) is 4.42 Å². The fourth-order valence-corrected chi connectivity index (χ4v) is 4.87. The summed E-state index contributed by atoms with van der Waals surface area (Å²) in [6.45, 7) is 3.72. The molecule has 2 saturated heterocycles. The lowest BCUT2D eigenvalue weighted by Gasteiger charge is -2.29. The predicted octanol–water partition coefficient (Wildman–Crippen LogP) is 3.57. The second-order valence-electron chi connectivity index (χ2n) is 8.09. The molecule has 2 aliphatic heterocycles. The zero-order valence-corrected chi connectivity index (χ0v) is 16.8. The molecule has 0 spiro atoms. The van der Waals surface area contributed by atoms with Gasteiger partial charge in [-0.25, -0.2) is 0 Å². The monoisotopic (exact) mass is 401 g/mol. The number of pyridine rings is 1. The van der Waals surface area contributed by atoms with Crippen LogP contribution in [0.15, 0.2) is 71.5 Å². The minimum absolute atomic E-state index is 0.0568. The number of benzene rings is 1. The second-order valence-corrected chi connectivity index (χ2v) is 8.09. The van der Waals surface area contributed by atoms with Gasteiger partial charge in [-0.1, -0.05) is 36.4 Å². The lowest BCUT2D eigenvalue weighted by molar-refractivity contribution is 0.0662. The Morgan fingerprint density at radius 2 is 1.77 bits per heavy atom. The Morgan fingerprint density at radius 3 is 2.47 bits per heavy atom. The summed E-state index contributed by atoms with van der Waals surface area (Å²) in [5, 5.41) is 0. The standard InChI is InChI=1S/C24H23N3O3/c1-16-10-12-30-22(16)24(29)26-13-18-14-27(23(28)20-9-5-6-11-25-20)21(19(18)15-26)17-7-3-2-4-8-17/h2-12,18-19,21H,13-15H2,1H3/t18-,19-,21-/m0/s1. The molecule has 1 aromatic carbocycles. The Hall–Kier alpha value is -3.41. The number of nitrogens with zero attached hydrogens (tertiary/aromatic N) is 3. The molecule has 0 radical (unpaired) electrons. The molecule has 2 amide bonds. The SMILES string of the molecule is Cc1ccoc1C(=O)N1C[C@H]2CN(C(=O)c3ccccn3)[C@@H](c3ccccc3)[C@H]2C1. The highest BCUT2D eigenvalue weighted by atomic mass is 16.3. The maximum atomic E-state index is 13.3. The molecule has 6 nitrogen and oxygen atoms in total. The second kappa shape index (κ2) is 7.44. The summed E-state index contributed by atoms with van der Waals surface area (Å²) in [5.74, 6) is 0.689. The molecule has 5 rings (SSSR count). The maximum Gasteiger partial charge on any atom is 0.289 e. The van der Waals surface area contributed by atoms with Gasteiger partial charge in [0, 0.05) is 43.2 Å². The maximum absolute atomic E-state index is 13.3. The fourth-order valence-electron chi connectivity index (χ4n) is 4.87. The molecule has 0 N–H and O–H groups in total. The zero-order valence-electron chi connectivity index (χ0n) is 16.8. The molecule has 0 unspecified atom stereocenters. The first kappa shape index (κ1) is 18.6. The third kappa shape index (κ3) is 3.09. The van der Waals surface area contributed by atoms with Gasteiger partial charge in [0.2, 0.25) is 0 Å². The van der Waals surface area contributed by atoms with Crippen molar-refractivity contribution in [1.82, 2.24) is 14.8 Å². The number of hydrogen-bond acceptors (Lipinski definition) is 4. The van der Waals surface area contributed by atoms with E-state index in [1.807, 2.05) is 53.1 Å². The molecule has 2 aromatic heterocycles. The van der Waals surface area contributed by atoms with Crippen molar-refractivity contribution in [3.63, 3.8) is 0 Å². The number of likely N-dealkylation sites (tertiary alicyclic amines) is 2. The predicted molar refractivity (Wildman–Crippen MR) is 111 cm³/mol. The van der Waals surface area contributed by atoms with Gasteiger partial charge in [0.1, 0.15) is 5.69 Å². The number of fused-ring (bicyclic) bond motifs is 1. The molecular formula is C24H23N3O3. The van der Waals surface area contributed by atoms with Gasteiger partial charge in [0.15, 0.2) is 5.76 Å². The van der Waals surface area contributed by atoms with E-state index in [1.54, 1.807) is 18.5 Å². The Balaban J connectivity index is 1.44. The van der Waals surface area contributed by atoms with Crippen LogP contribution >= 0.6 is 0 Å². The van der Waals surface area contributed by atoms with E-state index in [-0.39, 0.29) is 29.7 Å². The lowest BCUT2D eigenvalue weighted by Crippen LogP contribution is -2.37. The van der Waals surface area contributed by atoms with Crippen molar-refractivity contribution in [3.8, 4) is 0 Å². The molecule has 3 aromatic rings. The highest BCUT2D eigenvalue weighted by Crippen LogP contribution is 2.45. The molecule has 2 aliphatic rings. The van der Waals surface area contributed by atoms with Gasteiger partial charge in [0.25, 0.3) is 11.8 Å². The van der Waals surface area contributed by atoms with Crippen molar-refractivity contribution >= 4 is 11.8 Å². The summed E-state index contributed by atoms with van der Waals surface area (Å²) < 4.78 is 5.43. The highest BCUT2D eigenvalue weighted by Gasteiger charge is 2.50. The van der Waals surface area contributed by atoms with Crippen LogP contribution in [0.4, 0.5) is 0 Å². The summed E-state index contributed by atoms with van der Waals surface area (Å²) in [6, 6.07) is 17.2. The number of aryl methyl sites for hydroxylation is 1. The van der Waals surface area contributed by atoms with Crippen molar-refractivity contribution in [1.29, 1.82) is 0 Å². The van der Waals surface area contributed by atoms with Crippen LogP contribution in [0.5, 0.6) is 0 Å². The minimum Gasteiger partial charge on any atom is -0.459 e. The molecular weight excluding hydrogens is 378 g/mol. The van der Waals surface area contributed by atoms with Gasteiger partial charge in [0.05, 0.1) is 12.3 Å². The first-order chi connectivity index (χ1) is 14.6. The number of carbonyl (C=O) groups is 2. The number of aromatic nitrogens is 1. The molecule has 0 aliphatic carbocycles. The van der Waals surface area contributed by atoms with Gasteiger partial charge in [-0.15, -0.1) is 0 Å². The van der Waals surface area contributed by atoms with Crippen molar-refractivity contribution in [2.45, 2.75) is 13.0 Å². The number of amides is 2. The largest absolute Gasteiger partial charge is 0.459 e. The Kier molecular flexibility index (Phi) is 4.62. The third-order valence-electron chi connectivity index (χ3n) is 6.29. The number of hydrogen-bond donors (Lipinski definition) is 0. The summed E-state index contributed by atoms with van der Waals surface area (Å²) in [7, 11) is 0. The van der Waals surface area contributed by atoms with E-state index in [1.165, 1.54) is 0 Å². The van der Waals surface area contributed by atoms with Gasteiger partial charge >= 0.3 is 0 Å². The van der Waals surface area contributed by atoms with Crippen molar-refractivity contribution in [2.24, 2.45) is 11.8 Å². The molecule has 152 valence electrons. The fraction of sp³-hybridized carbons (Fsp3) is 0.292. The van der Waals surface area contributed by atoms with Gasteiger partial charge in [-0.05, 0) is 30.7 Å². The van der Waals surface area contributed by atoms with Crippen LogP contribution in [0.2, 0.25) is 0 Å². The van der Waals surface area contributed by atoms with E-state index in [0.29, 0.717) is 31.1 Å². The van der Waals surface area contributed by atoms with E-state index in [2.05, 4.69) is 17.1 Å². The third-order valence-corrected chi connectivity index (χ3v) is 6.29. The van der Waals surface area contributed by atoms with Crippen LogP contribution < -0.4 is 0 Å². The van der Waals surface area contributed by atoms with Gasteiger partial charge < -0.3 is 14.2 Å². The molecule has 2 fully saturated rings. The van der Waals surface area contributed by atoms with E-state index < -0.39 is 0 Å². The van der Waals surface area contributed by atoms with Gasteiger partial charge in [-0.2, -0.15) is 0 Å². The average molecular weight is 401 g/mol. The first-order valence-electron chi connectivity index (χ1n) is 10.2. The molecule has 0 saturated carbocycles. The first-order valence-corrected chi connectivity index (χ1v) is 10.2. The van der Waals surface area contributed by atoms with Crippen molar-refractivity contribution < 1.29 is 14.0 Å². The van der Waals surface area contributed by atoms with E-state index >= 15 is 0 Å². The Labute approximate surface area is 175 Å². The van der Waals surface area contributed by atoms with Crippen LogP contribution in [0.25, 0.3) is 0 Å². The molecule has 3 atom stereocenters. The van der Waals surface area contributed by atoms with Crippen LogP contribution in [0.1, 0.15) is 38.2 Å². The molecule has 0 bridgehead atoms. The normalized spacial score (nSPS) is 22.9. The summed E-state index contributed by atoms with van der Waals surface area (Å²) in [5.41, 5.74) is 2.40. The molecule has 6 heteroatoms. The highest BCUT2D eigenvalue weighted by molar-refractivity contribution is 5.94. The smallest absolute Gasteiger partial charge is 0.289 e. The Morgan fingerprint density at radius 1 is 0.967 bits per heavy atom. The molecule has 30 heavy (non-hydrogen) atoms. The summed E-state index contributed by atoms with van der Waals surface area (Å²) in [6.07, 6.45) is 3.20. The van der Waals surface area contributed by atoms with Crippen LogP contribution in [0.3, 0.4) is 0 Å². The quantitative estimate of drug-likeness (QED) is 0.673. The van der Waals surface area contributed by atoms with Crippen molar-refractivity contribution in [3.05, 3.63) is 89.6 Å². The van der Waals surface area contributed by atoms with Crippen LogP contribution in [-0.4, -0.2) is 46.2 Å². The number of furan rings is 1. The summed E-state index contributed by atoms with van der Waals surface area (Å²) >= 11 is 0. The Bertz CT molecular complexity index is 1060. The number of rotatable bonds is 3. The minimum atomic E-state index is -0.0822. The van der Waals surface area contributed by atoms with Crippen molar-refractivity contribution in [2.75, 3.05) is 19.6 Å². The average Bonchev–Trinajstić information content (AvgIpc) is 3.48. The van der Waals surface area contributed by atoms with E-state index in [9.17, 15) is 9.59 Å².